The molecule has 2 aromatic rings. The minimum Gasteiger partial charge on any atom is -0.508 e. The fraction of sp³-hybridized carbons (Fsp3) is 0.400. The molecule has 0 saturated heterocycles. The molecule has 0 saturated carbocycles. The zero-order chi connectivity index (χ0) is 26.9. The van der Waals surface area contributed by atoms with Crippen molar-refractivity contribution in [3.8, 4) is 11.5 Å². The third-order valence-corrected chi connectivity index (χ3v) is 7.32. The molecule has 196 valence electrons. The number of carboxylic acid groups (broad SMARTS) is 1. The van der Waals surface area contributed by atoms with Crippen LogP contribution in [-0.2, 0) is 13.0 Å². The normalized spacial score (nSPS) is 20.8. The minimum absolute atomic E-state index is 0.0839. The summed E-state index contributed by atoms with van der Waals surface area (Å²) in [5.41, 5.74) is 3.71. The highest BCUT2D eigenvalue weighted by atomic mass is 16.5. The first-order chi connectivity index (χ1) is 17.5. The molecule has 2 aliphatic heterocycles. The Morgan fingerprint density at radius 1 is 1.16 bits per heavy atom. The van der Waals surface area contributed by atoms with Crippen molar-refractivity contribution in [2.45, 2.75) is 78.0 Å². The van der Waals surface area contributed by atoms with Gasteiger partial charge in [-0.15, -0.1) is 0 Å². The molecular formula is C30H35NO6. The molecule has 1 amide bonds. The Morgan fingerprint density at radius 2 is 1.92 bits per heavy atom. The molecule has 2 heterocycles. The second kappa shape index (κ2) is 10.4. The molecule has 7 nitrogen and oxygen atoms in total. The van der Waals surface area contributed by atoms with Crippen LogP contribution in [0.2, 0.25) is 0 Å². The topological polar surface area (TPSA) is 107 Å². The molecule has 2 aliphatic rings. The second-order valence-corrected chi connectivity index (χ2v) is 10.5. The van der Waals surface area contributed by atoms with Gasteiger partial charge >= 0.3 is 5.97 Å². The minimum atomic E-state index is -1.07. The molecule has 4 rings (SSSR count). The number of benzene rings is 2. The van der Waals surface area contributed by atoms with Gasteiger partial charge in [0, 0.05) is 23.2 Å². The first-order valence-corrected chi connectivity index (χ1v) is 12.7. The van der Waals surface area contributed by atoms with Crippen LogP contribution in [0.25, 0.3) is 0 Å². The van der Waals surface area contributed by atoms with Crippen molar-refractivity contribution in [2.24, 2.45) is 0 Å². The molecule has 0 radical (unpaired) electrons. The largest absolute Gasteiger partial charge is 0.508 e. The van der Waals surface area contributed by atoms with Crippen LogP contribution in [0.3, 0.4) is 0 Å². The van der Waals surface area contributed by atoms with E-state index in [9.17, 15) is 24.9 Å². The molecule has 0 spiro atoms. The number of nitrogens with zero attached hydrogens (tertiary/aromatic N) is 1. The van der Waals surface area contributed by atoms with Gasteiger partial charge in [0.25, 0.3) is 5.91 Å². The van der Waals surface area contributed by atoms with E-state index in [1.807, 2.05) is 6.92 Å². The molecule has 0 aliphatic carbocycles. The number of aliphatic hydroxyl groups excluding tert-OH is 1. The van der Waals surface area contributed by atoms with E-state index < -0.39 is 17.7 Å². The number of rotatable bonds is 8. The molecular weight excluding hydrogens is 470 g/mol. The van der Waals surface area contributed by atoms with Crippen molar-refractivity contribution in [1.82, 2.24) is 0 Å². The van der Waals surface area contributed by atoms with Gasteiger partial charge in [-0.3, -0.25) is 4.79 Å². The van der Waals surface area contributed by atoms with Gasteiger partial charge in [0.15, 0.2) is 0 Å². The van der Waals surface area contributed by atoms with E-state index >= 15 is 0 Å². The van der Waals surface area contributed by atoms with Crippen molar-refractivity contribution < 1.29 is 29.6 Å². The number of phenols is 1. The standard InChI is InChI=1S/C30H35NO6/c1-18(2)8-5-9-19(3)10-7-13-30(4)26(33)16-23-25(32)15-22-24(27(23)37-30)17-31(28(22)34)21-12-6-11-20(14-21)29(35)36/h6,8,10-12,14-15,26,32-33H,5,7,9,13,16-17H2,1-4H3,(H,35,36)/b19-10+. The van der Waals surface area contributed by atoms with Crippen molar-refractivity contribution in [2.75, 3.05) is 4.90 Å². The van der Waals surface area contributed by atoms with E-state index in [4.69, 9.17) is 4.74 Å². The van der Waals surface area contributed by atoms with Crippen molar-refractivity contribution in [3.05, 3.63) is 75.9 Å². The van der Waals surface area contributed by atoms with E-state index in [1.165, 1.54) is 34.2 Å². The van der Waals surface area contributed by atoms with Crippen LogP contribution in [0.4, 0.5) is 5.69 Å². The maximum absolute atomic E-state index is 13.3. The molecule has 2 atom stereocenters. The number of aromatic carboxylic acids is 1. The van der Waals surface area contributed by atoms with E-state index in [0.717, 1.165) is 19.3 Å². The van der Waals surface area contributed by atoms with Crippen LogP contribution < -0.4 is 9.64 Å². The van der Waals surface area contributed by atoms with Gasteiger partial charge in [0.2, 0.25) is 0 Å². The Kier molecular flexibility index (Phi) is 7.46. The summed E-state index contributed by atoms with van der Waals surface area (Å²) in [5.74, 6) is -1.05. The number of aromatic hydroxyl groups is 1. The maximum atomic E-state index is 13.3. The van der Waals surface area contributed by atoms with Crippen LogP contribution in [0.1, 0.15) is 85.2 Å². The summed E-state index contributed by atoms with van der Waals surface area (Å²) in [5, 5.41) is 31.1. The second-order valence-electron chi connectivity index (χ2n) is 10.5. The SMILES string of the molecule is CC(C)=CCC/C(C)=C/CCC1(C)Oc2c(c(O)cc3c2CN(c2cccc(C(=O)O)c2)C3=O)CC1O. The lowest BCUT2D eigenvalue weighted by Crippen LogP contribution is -2.49. The molecule has 0 bridgehead atoms. The Hall–Kier alpha value is -3.58. The van der Waals surface area contributed by atoms with E-state index in [0.29, 0.717) is 34.5 Å². The maximum Gasteiger partial charge on any atom is 0.335 e. The van der Waals surface area contributed by atoms with Crippen molar-refractivity contribution in [3.63, 3.8) is 0 Å². The predicted octanol–water partition coefficient (Wildman–Crippen LogP) is 5.78. The number of anilines is 1. The molecule has 0 aromatic heterocycles. The number of carbonyl (C=O) groups excluding carboxylic acids is 1. The average Bonchev–Trinajstić information content (AvgIpc) is 3.16. The van der Waals surface area contributed by atoms with Crippen LogP contribution in [-0.4, -0.2) is 38.9 Å². The number of aliphatic hydroxyl groups is 1. The molecule has 2 aromatic carbocycles. The number of allylic oxidation sites excluding steroid dienone is 4. The van der Waals surface area contributed by atoms with Gasteiger partial charge in [-0.2, -0.15) is 0 Å². The van der Waals surface area contributed by atoms with Crippen LogP contribution in [0, 0.1) is 0 Å². The van der Waals surface area contributed by atoms with E-state index in [1.54, 1.807) is 12.1 Å². The fourth-order valence-electron chi connectivity index (χ4n) is 5.01. The van der Waals surface area contributed by atoms with E-state index in [-0.39, 0.29) is 30.2 Å². The lowest BCUT2D eigenvalue weighted by Gasteiger charge is -2.40. The quantitative estimate of drug-likeness (QED) is 0.393. The zero-order valence-electron chi connectivity index (χ0n) is 21.9. The summed E-state index contributed by atoms with van der Waals surface area (Å²) in [6.07, 6.45) is 7.10. The number of amides is 1. The Labute approximate surface area is 217 Å². The van der Waals surface area contributed by atoms with Crippen molar-refractivity contribution >= 4 is 17.6 Å². The highest BCUT2D eigenvalue weighted by Crippen LogP contribution is 2.47. The lowest BCUT2D eigenvalue weighted by atomic mass is 9.84. The third-order valence-electron chi connectivity index (χ3n) is 7.32. The summed E-state index contributed by atoms with van der Waals surface area (Å²) in [7, 11) is 0. The smallest absolute Gasteiger partial charge is 0.335 e. The van der Waals surface area contributed by atoms with Gasteiger partial charge < -0.3 is 25.0 Å². The van der Waals surface area contributed by atoms with Gasteiger partial charge in [-0.25, -0.2) is 4.79 Å². The van der Waals surface area contributed by atoms with Gasteiger partial charge in [-0.1, -0.05) is 29.4 Å². The number of hydrogen-bond acceptors (Lipinski definition) is 5. The molecule has 3 N–H and O–H groups in total. The van der Waals surface area contributed by atoms with Gasteiger partial charge in [-0.05, 0) is 77.6 Å². The first-order valence-electron chi connectivity index (χ1n) is 12.7. The fourth-order valence-corrected chi connectivity index (χ4v) is 5.01. The van der Waals surface area contributed by atoms with Gasteiger partial charge in [0.05, 0.1) is 23.8 Å². The summed E-state index contributed by atoms with van der Waals surface area (Å²) in [4.78, 5) is 26.2. The van der Waals surface area contributed by atoms with Crippen LogP contribution in [0.5, 0.6) is 11.5 Å². The number of carboxylic acids is 1. The Morgan fingerprint density at radius 3 is 2.62 bits per heavy atom. The molecule has 7 heteroatoms. The zero-order valence-corrected chi connectivity index (χ0v) is 21.9. The molecule has 37 heavy (non-hydrogen) atoms. The summed E-state index contributed by atoms with van der Waals surface area (Å²) >= 11 is 0. The summed E-state index contributed by atoms with van der Waals surface area (Å²) in [6.45, 7) is 8.35. The summed E-state index contributed by atoms with van der Waals surface area (Å²) in [6, 6.07) is 7.64. The molecule has 0 fully saturated rings. The van der Waals surface area contributed by atoms with Crippen molar-refractivity contribution in [1.29, 1.82) is 0 Å². The predicted molar refractivity (Wildman–Crippen MR) is 142 cm³/mol. The van der Waals surface area contributed by atoms with Crippen LogP contribution in [0.15, 0.2) is 53.6 Å². The number of ether oxygens (including phenoxy) is 1. The van der Waals surface area contributed by atoms with Crippen LogP contribution >= 0.6 is 0 Å². The van der Waals surface area contributed by atoms with E-state index in [2.05, 4.69) is 32.9 Å². The Balaban J connectivity index is 1.57. The number of carbonyl (C=O) groups is 2. The average molecular weight is 506 g/mol. The Bertz CT molecular complexity index is 1290. The highest BCUT2D eigenvalue weighted by molar-refractivity contribution is 6.11. The highest BCUT2D eigenvalue weighted by Gasteiger charge is 2.44. The summed E-state index contributed by atoms with van der Waals surface area (Å²) < 4.78 is 6.42. The lowest BCUT2D eigenvalue weighted by molar-refractivity contribution is -0.0597. The van der Waals surface area contributed by atoms with Gasteiger partial charge in [0.1, 0.15) is 17.1 Å². The molecule has 2 unspecified atom stereocenters. The number of fused-ring (bicyclic) bond motifs is 3. The number of hydrogen-bond donors (Lipinski definition) is 3. The first kappa shape index (κ1) is 26.5. The monoisotopic (exact) mass is 505 g/mol. The third kappa shape index (κ3) is 5.42. The number of phenolic OH excluding ortho intramolecular Hbond substituents is 1.